The van der Waals surface area contributed by atoms with Gasteiger partial charge >= 0.3 is 0 Å². The van der Waals surface area contributed by atoms with Crippen molar-refractivity contribution >= 4 is 5.69 Å². The number of ether oxygens (including phenoxy) is 1. The van der Waals surface area contributed by atoms with Crippen molar-refractivity contribution in [3.05, 3.63) is 102 Å². The molecule has 1 atom stereocenters. The summed E-state index contributed by atoms with van der Waals surface area (Å²) in [6, 6.07) is 24.9. The molecule has 1 fully saturated rings. The molecule has 3 aromatic carbocycles. The molecule has 4 aromatic rings. The number of anilines is 1. The maximum absolute atomic E-state index is 13.4. The monoisotopic (exact) mass is 458 g/mol. The van der Waals surface area contributed by atoms with E-state index in [2.05, 4.69) is 61.7 Å². The van der Waals surface area contributed by atoms with Gasteiger partial charge in [0.25, 0.3) is 0 Å². The van der Waals surface area contributed by atoms with Crippen LogP contribution in [-0.2, 0) is 6.54 Å². The number of rotatable bonds is 7. The summed E-state index contributed by atoms with van der Waals surface area (Å²) in [6.45, 7) is 4.04. The Labute approximate surface area is 198 Å². The molecule has 0 unspecified atom stereocenters. The van der Waals surface area contributed by atoms with Crippen molar-refractivity contribution in [2.24, 2.45) is 0 Å². The summed E-state index contributed by atoms with van der Waals surface area (Å²) in [7, 11) is 1.67. The van der Waals surface area contributed by atoms with Crippen LogP contribution in [0.3, 0.4) is 0 Å². The summed E-state index contributed by atoms with van der Waals surface area (Å²) in [4.78, 5) is 4.83. The van der Waals surface area contributed by atoms with Crippen molar-refractivity contribution in [2.75, 3.05) is 38.2 Å². The molecular formula is C26H27FN6O. The van der Waals surface area contributed by atoms with Gasteiger partial charge in [-0.25, -0.2) is 9.07 Å². The van der Waals surface area contributed by atoms with Crippen LogP contribution in [0.1, 0.15) is 23.0 Å². The second-order valence-electron chi connectivity index (χ2n) is 8.36. The van der Waals surface area contributed by atoms with Crippen molar-refractivity contribution in [2.45, 2.75) is 12.6 Å². The minimum Gasteiger partial charge on any atom is -0.497 e. The number of nitrogens with zero attached hydrogens (tertiary/aromatic N) is 6. The largest absolute Gasteiger partial charge is 0.497 e. The number of methoxy groups -OCH3 is 1. The molecule has 1 aliphatic heterocycles. The van der Waals surface area contributed by atoms with E-state index in [9.17, 15) is 4.39 Å². The highest BCUT2D eigenvalue weighted by atomic mass is 19.1. The second kappa shape index (κ2) is 10.0. The van der Waals surface area contributed by atoms with Gasteiger partial charge in [0.2, 0.25) is 0 Å². The standard InChI is InChI=1S/C26H27FN6O/c1-34-24-13-9-21(10-14-24)25(32-17-15-31(16-18-32)23-5-3-2-4-6-23)26-28-29-30-33(26)19-20-7-11-22(27)12-8-20/h2-14,25H,15-19H2,1H3/t25-/m1/s1. The summed E-state index contributed by atoms with van der Waals surface area (Å²) in [6.07, 6.45) is 0. The molecule has 2 heterocycles. The Morgan fingerprint density at radius 1 is 0.882 bits per heavy atom. The van der Waals surface area contributed by atoms with Gasteiger partial charge in [-0.1, -0.05) is 42.5 Å². The van der Waals surface area contributed by atoms with Gasteiger partial charge in [-0.2, -0.15) is 0 Å². The third-order valence-electron chi connectivity index (χ3n) is 6.28. The summed E-state index contributed by atoms with van der Waals surface area (Å²) < 4.78 is 20.6. The molecule has 0 bridgehead atoms. The number of tetrazole rings is 1. The van der Waals surface area contributed by atoms with E-state index in [1.54, 1.807) is 19.2 Å². The number of piperazine rings is 1. The van der Waals surface area contributed by atoms with Gasteiger partial charge in [0.1, 0.15) is 11.6 Å². The van der Waals surface area contributed by atoms with E-state index in [1.807, 2.05) is 22.9 Å². The van der Waals surface area contributed by atoms with Gasteiger partial charge in [0, 0.05) is 31.9 Å². The van der Waals surface area contributed by atoms with Crippen molar-refractivity contribution in [1.82, 2.24) is 25.1 Å². The Bertz CT molecular complexity index is 1190. The lowest BCUT2D eigenvalue weighted by Gasteiger charge is -2.40. The van der Waals surface area contributed by atoms with Crippen LogP contribution in [0, 0.1) is 5.82 Å². The van der Waals surface area contributed by atoms with Gasteiger partial charge in [-0.3, -0.25) is 4.90 Å². The van der Waals surface area contributed by atoms with E-state index < -0.39 is 0 Å². The number of hydrogen-bond donors (Lipinski definition) is 0. The van der Waals surface area contributed by atoms with Gasteiger partial charge in [0.15, 0.2) is 5.82 Å². The van der Waals surface area contributed by atoms with Gasteiger partial charge < -0.3 is 9.64 Å². The quantitative estimate of drug-likeness (QED) is 0.420. The fourth-order valence-electron chi connectivity index (χ4n) is 4.47. The summed E-state index contributed by atoms with van der Waals surface area (Å²) in [5.41, 5.74) is 3.28. The van der Waals surface area contributed by atoms with Crippen molar-refractivity contribution in [1.29, 1.82) is 0 Å². The van der Waals surface area contributed by atoms with Crippen LogP contribution >= 0.6 is 0 Å². The number of halogens is 1. The Morgan fingerprint density at radius 2 is 1.59 bits per heavy atom. The van der Waals surface area contributed by atoms with Crippen molar-refractivity contribution in [3.63, 3.8) is 0 Å². The first-order valence-electron chi connectivity index (χ1n) is 11.4. The van der Waals surface area contributed by atoms with Crippen LogP contribution in [0.25, 0.3) is 0 Å². The fourth-order valence-corrected chi connectivity index (χ4v) is 4.47. The van der Waals surface area contributed by atoms with Crippen LogP contribution in [-0.4, -0.2) is 58.4 Å². The highest BCUT2D eigenvalue weighted by molar-refractivity contribution is 5.46. The number of benzene rings is 3. The molecule has 34 heavy (non-hydrogen) atoms. The zero-order valence-corrected chi connectivity index (χ0v) is 19.1. The minimum absolute atomic E-state index is 0.112. The average molecular weight is 459 g/mol. The first kappa shape index (κ1) is 22.0. The lowest BCUT2D eigenvalue weighted by Crippen LogP contribution is -2.48. The Morgan fingerprint density at radius 3 is 2.26 bits per heavy atom. The molecule has 0 N–H and O–H groups in total. The van der Waals surface area contributed by atoms with E-state index in [1.165, 1.54) is 17.8 Å². The van der Waals surface area contributed by atoms with Crippen LogP contribution in [0.15, 0.2) is 78.9 Å². The first-order valence-corrected chi connectivity index (χ1v) is 11.4. The normalized spacial score (nSPS) is 15.3. The average Bonchev–Trinajstić information content (AvgIpc) is 3.34. The molecule has 5 rings (SSSR count). The molecule has 8 heteroatoms. The maximum Gasteiger partial charge on any atom is 0.173 e. The SMILES string of the molecule is COc1ccc([C@H](c2nnnn2Cc2ccc(F)cc2)N2CCN(c3ccccc3)CC2)cc1. The maximum atomic E-state index is 13.4. The van der Waals surface area contributed by atoms with Gasteiger partial charge in [-0.15, -0.1) is 5.10 Å². The number of aromatic nitrogens is 4. The van der Waals surface area contributed by atoms with Crippen LogP contribution in [0.4, 0.5) is 10.1 Å². The van der Waals surface area contributed by atoms with Gasteiger partial charge in [-0.05, 0) is 58.0 Å². The Hall–Kier alpha value is -3.78. The summed E-state index contributed by atoms with van der Waals surface area (Å²) in [5, 5.41) is 12.7. The van der Waals surface area contributed by atoms with E-state index >= 15 is 0 Å². The zero-order chi connectivity index (χ0) is 23.3. The topological polar surface area (TPSA) is 59.3 Å². The van der Waals surface area contributed by atoms with Crippen molar-refractivity contribution < 1.29 is 9.13 Å². The molecule has 1 aromatic heterocycles. The second-order valence-corrected chi connectivity index (χ2v) is 8.36. The lowest BCUT2D eigenvalue weighted by atomic mass is 10.0. The summed E-state index contributed by atoms with van der Waals surface area (Å²) in [5.74, 6) is 1.32. The fraction of sp³-hybridized carbons (Fsp3) is 0.269. The lowest BCUT2D eigenvalue weighted by molar-refractivity contribution is 0.201. The smallest absolute Gasteiger partial charge is 0.173 e. The Balaban J connectivity index is 1.43. The van der Waals surface area contributed by atoms with Crippen LogP contribution < -0.4 is 9.64 Å². The van der Waals surface area contributed by atoms with E-state index in [0.717, 1.165) is 48.9 Å². The molecule has 174 valence electrons. The first-order chi connectivity index (χ1) is 16.7. The molecular weight excluding hydrogens is 431 g/mol. The van der Waals surface area contributed by atoms with Crippen molar-refractivity contribution in [3.8, 4) is 5.75 Å². The number of para-hydroxylation sites is 1. The minimum atomic E-state index is -0.256. The highest BCUT2D eigenvalue weighted by Gasteiger charge is 2.30. The van der Waals surface area contributed by atoms with Gasteiger partial charge in [0.05, 0.1) is 19.7 Å². The molecule has 0 saturated carbocycles. The highest BCUT2D eigenvalue weighted by Crippen LogP contribution is 2.30. The predicted molar refractivity (Wildman–Crippen MR) is 128 cm³/mol. The molecule has 7 nitrogen and oxygen atoms in total. The molecule has 0 spiro atoms. The zero-order valence-electron chi connectivity index (χ0n) is 19.1. The third kappa shape index (κ3) is 4.77. The molecule has 0 radical (unpaired) electrons. The number of hydrogen-bond acceptors (Lipinski definition) is 6. The van der Waals surface area contributed by atoms with E-state index in [-0.39, 0.29) is 11.9 Å². The van der Waals surface area contributed by atoms with Crippen LogP contribution in [0.2, 0.25) is 0 Å². The Kier molecular flexibility index (Phi) is 6.49. The molecule has 1 saturated heterocycles. The predicted octanol–water partition coefficient (Wildman–Crippen LogP) is 3.78. The van der Waals surface area contributed by atoms with Crippen LogP contribution in [0.5, 0.6) is 5.75 Å². The molecule has 0 aliphatic carbocycles. The third-order valence-corrected chi connectivity index (χ3v) is 6.28. The van der Waals surface area contributed by atoms with E-state index in [0.29, 0.717) is 6.54 Å². The molecule has 1 aliphatic rings. The molecule has 0 amide bonds. The summed E-state index contributed by atoms with van der Waals surface area (Å²) >= 11 is 0. The van der Waals surface area contributed by atoms with E-state index in [4.69, 9.17) is 4.74 Å².